The second-order valence-corrected chi connectivity index (χ2v) is 14.0. The van der Waals surface area contributed by atoms with E-state index < -0.39 is 11.9 Å². The Bertz CT molecular complexity index is 2290. The average molecular weight is 689 g/mol. The van der Waals surface area contributed by atoms with E-state index in [0.717, 1.165) is 80.8 Å². The summed E-state index contributed by atoms with van der Waals surface area (Å²) in [5.74, 6) is 0.0912. The van der Waals surface area contributed by atoms with Crippen molar-refractivity contribution in [2.24, 2.45) is 7.05 Å². The third-order valence-electron chi connectivity index (χ3n) is 10.2. The average Bonchev–Trinajstić information content (AvgIpc) is 3.63. The first-order valence-electron chi connectivity index (χ1n) is 17.5. The van der Waals surface area contributed by atoms with Crippen molar-refractivity contribution in [1.82, 2.24) is 29.2 Å². The summed E-state index contributed by atoms with van der Waals surface area (Å²) in [6.07, 6.45) is 4.92. The normalized spacial score (nSPS) is 16.6. The number of nitrogens with one attached hydrogen (secondary N) is 2. The van der Waals surface area contributed by atoms with Gasteiger partial charge in [0, 0.05) is 62.2 Å². The van der Waals surface area contributed by atoms with Crippen LogP contribution in [0.15, 0.2) is 65.5 Å². The minimum Gasteiger partial charge on any atom is -0.496 e. The number of carbonyl (C=O) groups is 3. The Balaban J connectivity index is 1.22. The summed E-state index contributed by atoms with van der Waals surface area (Å²) >= 11 is 0. The van der Waals surface area contributed by atoms with Crippen LogP contribution >= 0.6 is 0 Å². The van der Waals surface area contributed by atoms with Gasteiger partial charge in [-0.25, -0.2) is 4.79 Å². The maximum atomic E-state index is 13.4. The van der Waals surface area contributed by atoms with Crippen molar-refractivity contribution in [3.8, 4) is 16.9 Å². The Kier molecular flexibility index (Phi) is 9.15. The molecule has 1 saturated heterocycles. The van der Waals surface area contributed by atoms with Crippen LogP contribution in [0.3, 0.4) is 0 Å². The largest absolute Gasteiger partial charge is 0.496 e. The second-order valence-electron chi connectivity index (χ2n) is 14.0. The van der Waals surface area contributed by atoms with Crippen molar-refractivity contribution in [1.29, 1.82) is 0 Å². The van der Waals surface area contributed by atoms with Crippen molar-refractivity contribution in [3.05, 3.63) is 93.5 Å². The summed E-state index contributed by atoms with van der Waals surface area (Å²) in [4.78, 5) is 57.8. The molecule has 0 aliphatic carbocycles. The number of aromatic amines is 1. The molecule has 264 valence electrons. The van der Waals surface area contributed by atoms with Gasteiger partial charge in [-0.3, -0.25) is 28.8 Å². The van der Waals surface area contributed by atoms with Crippen molar-refractivity contribution in [2.75, 3.05) is 34.3 Å². The predicted octanol–water partition coefficient (Wildman–Crippen LogP) is 4.96. The smallest absolute Gasteiger partial charge is 0.329 e. The Morgan fingerprint density at radius 1 is 1.02 bits per heavy atom. The lowest BCUT2D eigenvalue weighted by molar-refractivity contribution is -0.135. The molecule has 0 radical (unpaired) electrons. The summed E-state index contributed by atoms with van der Waals surface area (Å²) in [6, 6.07) is 18.0. The highest BCUT2D eigenvalue weighted by Gasteiger charge is 2.31. The monoisotopic (exact) mass is 688 g/mol. The zero-order chi connectivity index (χ0) is 36.0. The Morgan fingerprint density at radius 3 is 2.59 bits per heavy atom. The van der Waals surface area contributed by atoms with Crippen LogP contribution in [0.4, 0.5) is 0 Å². The maximum Gasteiger partial charge on any atom is 0.329 e. The summed E-state index contributed by atoms with van der Waals surface area (Å²) < 4.78 is 9.18. The number of hydrogen-bond donors (Lipinski definition) is 2. The number of imidazole rings is 1. The van der Waals surface area contributed by atoms with E-state index in [1.165, 1.54) is 4.57 Å². The number of fused-ring (bicyclic) bond motifs is 2. The van der Waals surface area contributed by atoms with Crippen LogP contribution in [-0.2, 0) is 40.8 Å². The molecular weight excluding hydrogens is 644 g/mol. The molecule has 2 aliphatic rings. The van der Waals surface area contributed by atoms with Gasteiger partial charge in [0.2, 0.25) is 17.7 Å². The van der Waals surface area contributed by atoms with Gasteiger partial charge in [0.25, 0.3) is 0 Å². The molecule has 11 heteroatoms. The minimum absolute atomic E-state index is 0.0812. The van der Waals surface area contributed by atoms with Crippen molar-refractivity contribution >= 4 is 45.2 Å². The molecule has 3 amide bonds. The lowest BCUT2D eigenvalue weighted by Crippen LogP contribution is -2.44. The molecule has 0 spiro atoms. The van der Waals surface area contributed by atoms with E-state index in [1.54, 1.807) is 25.6 Å². The van der Waals surface area contributed by atoms with E-state index in [9.17, 15) is 19.2 Å². The molecule has 51 heavy (non-hydrogen) atoms. The van der Waals surface area contributed by atoms with Gasteiger partial charge >= 0.3 is 5.69 Å². The topological polar surface area (TPSA) is 122 Å². The number of methoxy groups -OCH3 is 1. The zero-order valence-electron chi connectivity index (χ0n) is 29.8. The Hall–Kier alpha value is -5.42. The van der Waals surface area contributed by atoms with E-state index >= 15 is 0 Å². The van der Waals surface area contributed by atoms with Crippen LogP contribution in [0.1, 0.15) is 54.6 Å². The number of imide groups is 1. The fourth-order valence-electron chi connectivity index (χ4n) is 7.70. The lowest BCUT2D eigenvalue weighted by Gasteiger charge is -2.27. The quantitative estimate of drug-likeness (QED) is 0.211. The predicted molar refractivity (Wildman–Crippen MR) is 199 cm³/mol. The molecule has 5 aromatic rings. The number of aryl methyl sites for hydroxylation is 3. The lowest BCUT2D eigenvalue weighted by atomic mass is 9.92. The molecule has 0 bridgehead atoms. The first kappa shape index (κ1) is 34.0. The van der Waals surface area contributed by atoms with Gasteiger partial charge in [0.15, 0.2) is 0 Å². The number of hydrogen-bond acceptors (Lipinski definition) is 6. The van der Waals surface area contributed by atoms with Gasteiger partial charge < -0.3 is 19.5 Å². The van der Waals surface area contributed by atoms with Gasteiger partial charge in [-0.2, -0.15) is 0 Å². The molecule has 2 aromatic heterocycles. The third kappa shape index (κ3) is 6.49. The van der Waals surface area contributed by atoms with E-state index in [4.69, 9.17) is 4.74 Å². The van der Waals surface area contributed by atoms with Crippen LogP contribution in [0.5, 0.6) is 5.75 Å². The molecule has 1 unspecified atom stereocenters. The molecule has 3 aromatic carbocycles. The van der Waals surface area contributed by atoms with Crippen LogP contribution in [0.25, 0.3) is 38.6 Å². The number of aromatic nitrogens is 3. The van der Waals surface area contributed by atoms with E-state index in [1.807, 2.05) is 23.1 Å². The first-order chi connectivity index (χ1) is 24.5. The fraction of sp³-hybridized carbons (Fsp3) is 0.350. The highest BCUT2D eigenvalue weighted by molar-refractivity contribution is 6.01. The van der Waals surface area contributed by atoms with Crippen molar-refractivity contribution in [2.45, 2.75) is 51.6 Å². The number of piperidine rings is 1. The molecule has 7 rings (SSSR count). The van der Waals surface area contributed by atoms with Gasteiger partial charge in [-0.05, 0) is 97.9 Å². The highest BCUT2D eigenvalue weighted by atomic mass is 16.5. The molecule has 1 atom stereocenters. The minimum atomic E-state index is -0.725. The van der Waals surface area contributed by atoms with Crippen LogP contribution < -0.4 is 15.7 Å². The Labute approximate surface area is 296 Å². The van der Waals surface area contributed by atoms with Crippen molar-refractivity contribution in [3.63, 3.8) is 0 Å². The number of nitrogens with zero attached hydrogens (tertiary/aromatic N) is 4. The second kappa shape index (κ2) is 13.7. The first-order valence-corrected chi connectivity index (χ1v) is 17.5. The molecular formula is C40H44N6O5. The number of ether oxygens (including phenoxy) is 1. The molecule has 4 heterocycles. The third-order valence-corrected chi connectivity index (χ3v) is 10.2. The summed E-state index contributed by atoms with van der Waals surface area (Å²) in [6.45, 7) is 3.71. The highest BCUT2D eigenvalue weighted by Crippen LogP contribution is 2.39. The molecule has 11 nitrogen and oxygen atoms in total. The van der Waals surface area contributed by atoms with Gasteiger partial charge in [0.1, 0.15) is 11.8 Å². The molecule has 2 aliphatic heterocycles. The Morgan fingerprint density at radius 2 is 1.84 bits per heavy atom. The number of amides is 3. The molecule has 2 N–H and O–H groups in total. The van der Waals surface area contributed by atoms with E-state index in [2.05, 4.69) is 71.8 Å². The molecule has 0 saturated carbocycles. The number of para-hydroxylation sites is 1. The maximum absolute atomic E-state index is 13.4. The molecule has 1 fully saturated rings. The van der Waals surface area contributed by atoms with Crippen LogP contribution in [0.2, 0.25) is 0 Å². The van der Waals surface area contributed by atoms with E-state index in [-0.39, 0.29) is 23.9 Å². The van der Waals surface area contributed by atoms with Crippen LogP contribution in [0, 0.1) is 0 Å². The summed E-state index contributed by atoms with van der Waals surface area (Å²) in [5.41, 5.74) is 9.68. The van der Waals surface area contributed by atoms with Crippen molar-refractivity contribution < 1.29 is 19.1 Å². The standard InChI is InChI=1S/C40H44N6O5/c1-24(47)45-17-7-9-27(22-45)28-19-31(32-21-29(23-43(2)3)41-33(32)20-28)30-14-12-25(18-36(30)51-5)11-13-26-8-6-10-34-38(26)44(4)40(50)46(34)35-15-16-37(48)42-39(35)49/h6,8-10,12,14,18-21,35,41H,7,11,13,15-17,22-23H2,1-5H3,(H,42,48,49). The zero-order valence-corrected chi connectivity index (χ0v) is 29.8. The van der Waals surface area contributed by atoms with Gasteiger partial charge in [-0.1, -0.05) is 30.3 Å². The van der Waals surface area contributed by atoms with Gasteiger partial charge in [0.05, 0.1) is 18.1 Å². The number of H-pyrrole nitrogens is 1. The summed E-state index contributed by atoms with van der Waals surface area (Å²) in [5, 5.41) is 3.49. The number of carbonyl (C=O) groups excluding carboxylic acids is 3. The number of rotatable bonds is 9. The summed E-state index contributed by atoms with van der Waals surface area (Å²) in [7, 11) is 7.53. The number of benzene rings is 3. The van der Waals surface area contributed by atoms with E-state index in [0.29, 0.717) is 31.3 Å². The SMILES string of the molecule is COc1cc(CCc2cccc3c2n(C)c(=O)n3C2CCC(=O)NC2=O)ccc1-c1cc(C2=CCCN(C(C)=O)C2)cc2[nH]c(CN(C)C)cc12. The van der Waals surface area contributed by atoms with Gasteiger partial charge in [-0.15, -0.1) is 0 Å². The fourth-order valence-corrected chi connectivity index (χ4v) is 7.70. The van der Waals surface area contributed by atoms with Crippen LogP contribution in [-0.4, -0.2) is 75.9 Å².